The van der Waals surface area contributed by atoms with Crippen molar-refractivity contribution < 1.29 is 31.0 Å². The maximum atomic E-state index is 5.47. The van der Waals surface area contributed by atoms with E-state index in [-0.39, 0.29) is 12.4 Å². The maximum Gasteiger partial charge on any atom is 0.500 e. The third-order valence-corrected chi connectivity index (χ3v) is 9.92. The molecule has 0 aliphatic rings. The molecule has 34 heavy (non-hydrogen) atoms. The molecule has 0 spiro atoms. The van der Waals surface area contributed by atoms with Crippen LogP contribution >= 0.6 is 0 Å². The Hall–Kier alpha value is 0.347. The Morgan fingerprint density at radius 2 is 0.735 bits per heavy atom. The van der Waals surface area contributed by atoms with Crippen LogP contribution in [0.25, 0.3) is 0 Å². The fourth-order valence-electron chi connectivity index (χ4n) is 4.71. The Bertz CT molecular complexity index is 365. The summed E-state index contributed by atoms with van der Waals surface area (Å²) in [7, 11) is 2.73. The highest BCUT2D eigenvalue weighted by Gasteiger charge is 2.37. The molecule has 0 aromatic heterocycles. The van der Waals surface area contributed by atoms with Gasteiger partial charge < -0.3 is 31.0 Å². The van der Waals surface area contributed by atoms with Gasteiger partial charge in [-0.05, 0) is 12.8 Å². The molecule has 0 amide bonds. The number of hydrogen-bond acceptors (Lipinski definition) is 3. The summed E-state index contributed by atoms with van der Waals surface area (Å²) in [6.45, 7) is 4.69. The van der Waals surface area contributed by atoms with E-state index in [2.05, 4.69) is 12.2 Å². The van der Waals surface area contributed by atoms with Crippen molar-refractivity contribution in [2.24, 2.45) is 0 Å². The average Bonchev–Trinajstić information content (AvgIpc) is 2.84. The zero-order valence-corrected chi connectivity index (χ0v) is 25.4. The molecule has 0 atom stereocenters. The molecule has 0 unspecified atom stereocenters. The third kappa shape index (κ3) is 24.1. The van der Waals surface area contributed by atoms with Crippen molar-refractivity contribution in [3.05, 3.63) is 0 Å². The molecule has 0 aromatic rings. The zero-order valence-electron chi connectivity index (χ0n) is 23.7. The maximum absolute atomic E-state index is 5.47. The molecule has 208 valence electrons. The van der Waals surface area contributed by atoms with Crippen LogP contribution < -0.4 is 17.7 Å². The van der Waals surface area contributed by atoms with Crippen molar-refractivity contribution in [2.45, 2.75) is 148 Å². The van der Waals surface area contributed by atoms with Crippen molar-refractivity contribution in [2.75, 3.05) is 34.4 Å². The van der Waals surface area contributed by atoms with Crippen LogP contribution in [0.1, 0.15) is 142 Å². The van der Waals surface area contributed by atoms with Crippen molar-refractivity contribution in [1.29, 1.82) is 0 Å². The summed E-state index contributed by atoms with van der Waals surface area (Å²) in [6, 6.07) is 0.909. The lowest BCUT2D eigenvalue weighted by molar-refractivity contribution is -0.655. The Balaban J connectivity index is 0. The predicted molar refractivity (Wildman–Crippen MR) is 146 cm³/mol. The van der Waals surface area contributed by atoms with Gasteiger partial charge in [0.2, 0.25) is 0 Å². The van der Waals surface area contributed by atoms with E-state index in [1.54, 1.807) is 21.3 Å². The quantitative estimate of drug-likeness (QED) is 0.120. The number of nitrogens with two attached hydrogens (primary N) is 1. The molecule has 0 rings (SSSR count). The Kier molecular flexibility index (Phi) is 31.8. The van der Waals surface area contributed by atoms with E-state index in [9.17, 15) is 0 Å². The van der Waals surface area contributed by atoms with E-state index in [0.717, 1.165) is 19.0 Å². The smallest absolute Gasteiger partial charge is 0.500 e. The van der Waals surface area contributed by atoms with Gasteiger partial charge in [-0.15, -0.1) is 0 Å². The molecule has 0 fully saturated rings. The average molecular weight is 524 g/mol. The van der Waals surface area contributed by atoms with E-state index in [1.165, 1.54) is 135 Å². The van der Waals surface area contributed by atoms with E-state index in [0.29, 0.717) is 0 Å². The first kappa shape index (κ1) is 36.5. The first-order valence-electron chi connectivity index (χ1n) is 14.7. The van der Waals surface area contributed by atoms with Crippen LogP contribution in [0.3, 0.4) is 0 Å². The molecular formula is C28H62ClNO3Si. The first-order chi connectivity index (χ1) is 16.2. The lowest BCUT2D eigenvalue weighted by atomic mass is 10.0. The Labute approximate surface area is 221 Å². The Morgan fingerprint density at radius 1 is 0.441 bits per heavy atom. The molecule has 0 saturated heterocycles. The topological polar surface area (TPSA) is 44.3 Å². The SMILES string of the molecule is CCCCCCCCCCCCCCCCCCCCCC[NH2+]CCC[Si](OC)(OC)OC.[Cl-]. The van der Waals surface area contributed by atoms with E-state index in [1.807, 2.05) is 0 Å². The van der Waals surface area contributed by atoms with E-state index in [4.69, 9.17) is 13.3 Å². The minimum atomic E-state index is -2.36. The van der Waals surface area contributed by atoms with Crippen molar-refractivity contribution in [3.8, 4) is 0 Å². The summed E-state index contributed by atoms with van der Waals surface area (Å²) in [5.41, 5.74) is 0. The molecular weight excluding hydrogens is 462 g/mol. The zero-order chi connectivity index (χ0) is 24.3. The summed E-state index contributed by atoms with van der Waals surface area (Å²) in [4.78, 5) is 0. The van der Waals surface area contributed by atoms with E-state index < -0.39 is 8.80 Å². The molecule has 0 bridgehead atoms. The second-order valence-corrected chi connectivity index (χ2v) is 13.1. The molecule has 0 aliphatic carbocycles. The highest BCUT2D eigenvalue weighted by Crippen LogP contribution is 2.15. The molecule has 0 radical (unpaired) electrons. The van der Waals surface area contributed by atoms with Gasteiger partial charge in [0.1, 0.15) is 0 Å². The van der Waals surface area contributed by atoms with Crippen LogP contribution in [-0.2, 0) is 13.3 Å². The number of rotatable bonds is 28. The molecule has 0 saturated carbocycles. The van der Waals surface area contributed by atoms with Crippen LogP contribution in [-0.4, -0.2) is 43.2 Å². The van der Waals surface area contributed by atoms with Crippen LogP contribution in [0, 0.1) is 0 Å². The predicted octanol–water partition coefficient (Wildman–Crippen LogP) is 4.64. The van der Waals surface area contributed by atoms with Gasteiger partial charge in [0.05, 0.1) is 13.1 Å². The number of hydrogen-bond donors (Lipinski definition) is 1. The molecule has 2 N–H and O–H groups in total. The van der Waals surface area contributed by atoms with E-state index >= 15 is 0 Å². The fourth-order valence-corrected chi connectivity index (χ4v) is 6.46. The summed E-state index contributed by atoms with van der Waals surface area (Å²) in [5.74, 6) is 0. The van der Waals surface area contributed by atoms with Gasteiger partial charge >= 0.3 is 8.80 Å². The van der Waals surface area contributed by atoms with Crippen molar-refractivity contribution in [3.63, 3.8) is 0 Å². The van der Waals surface area contributed by atoms with Crippen LogP contribution in [0.2, 0.25) is 6.04 Å². The number of quaternary nitrogens is 1. The van der Waals surface area contributed by atoms with Gasteiger partial charge in [-0.1, -0.05) is 122 Å². The summed E-state index contributed by atoms with van der Waals surface area (Å²) < 4.78 is 16.4. The van der Waals surface area contributed by atoms with Crippen LogP contribution in [0.15, 0.2) is 0 Å². The Morgan fingerprint density at radius 3 is 1.06 bits per heavy atom. The molecule has 0 aliphatic heterocycles. The molecule has 0 aromatic carbocycles. The highest BCUT2D eigenvalue weighted by molar-refractivity contribution is 6.60. The van der Waals surface area contributed by atoms with Crippen molar-refractivity contribution in [1.82, 2.24) is 0 Å². The second-order valence-electron chi connectivity index (χ2n) is 9.98. The van der Waals surface area contributed by atoms with Crippen LogP contribution in [0.5, 0.6) is 0 Å². The van der Waals surface area contributed by atoms with Gasteiger partial charge in [0.15, 0.2) is 0 Å². The molecule has 6 heteroatoms. The van der Waals surface area contributed by atoms with Gasteiger partial charge in [-0.25, -0.2) is 0 Å². The second kappa shape index (κ2) is 29.6. The minimum absolute atomic E-state index is 0. The normalized spacial score (nSPS) is 11.6. The molecule has 4 nitrogen and oxygen atoms in total. The van der Waals surface area contributed by atoms with Gasteiger partial charge in [0.25, 0.3) is 0 Å². The first-order valence-corrected chi connectivity index (χ1v) is 16.6. The van der Waals surface area contributed by atoms with Gasteiger partial charge in [0, 0.05) is 33.8 Å². The van der Waals surface area contributed by atoms with Gasteiger partial charge in [-0.2, -0.15) is 0 Å². The highest BCUT2D eigenvalue weighted by atomic mass is 35.5. The summed E-state index contributed by atoms with van der Waals surface area (Å²) in [5, 5.41) is 2.44. The number of halogens is 1. The standard InChI is InChI=1S/C28H61NO3Si.ClH/c1-5-6-7-8-9-10-11-12-13-14-15-16-17-18-19-20-21-22-23-24-26-29-27-25-28-33(30-2,31-3)32-4;/h29H,5-28H2,1-4H3;1H. The molecule has 0 heterocycles. The van der Waals surface area contributed by atoms with Crippen molar-refractivity contribution >= 4 is 8.80 Å². The summed E-state index contributed by atoms with van der Waals surface area (Å²) in [6.07, 6.45) is 30.0. The number of unbranched alkanes of at least 4 members (excludes halogenated alkanes) is 19. The largest absolute Gasteiger partial charge is 1.00 e. The monoisotopic (exact) mass is 523 g/mol. The minimum Gasteiger partial charge on any atom is -1.00 e. The lowest BCUT2D eigenvalue weighted by Crippen LogP contribution is -3.00. The van der Waals surface area contributed by atoms with Gasteiger partial charge in [-0.3, -0.25) is 0 Å². The summed E-state index contributed by atoms with van der Waals surface area (Å²) >= 11 is 0. The third-order valence-electron chi connectivity index (χ3n) is 7.09. The lowest BCUT2D eigenvalue weighted by Gasteiger charge is -2.23. The fraction of sp³-hybridized carbons (Fsp3) is 1.00. The van der Waals surface area contributed by atoms with Crippen LogP contribution in [0.4, 0.5) is 0 Å².